The summed E-state index contributed by atoms with van der Waals surface area (Å²) in [6, 6.07) is -0.650. The molecule has 1 amide bonds. The van der Waals surface area contributed by atoms with E-state index in [1.807, 2.05) is 6.08 Å². The van der Waals surface area contributed by atoms with Gasteiger partial charge in [0.25, 0.3) is 0 Å². The standard InChI is InChI=1S/C76H133NO3/c1-3-5-7-9-11-13-15-17-19-21-23-25-27-29-31-33-35-36-37-38-39-40-42-44-46-48-50-52-54-56-58-60-62-64-66-68-70-72-76(80)77-74(73-78)75(79)71-69-67-65-63-61-59-57-55-53-51-49-47-45-43-41-34-32-30-28-26-24-22-20-18-16-14-12-10-8-6-4-2/h5,7,11,13,17,19,23,25,29,31,35-36,38-39,42,44,61,63,69,71,74-75,78-79H,3-4,6,8-10,12,14-16,18,20-22,24,26-28,30,32-34,37,40-41,43,45-60,62,64-68,70,72-73H2,1-2H3,(H,77,80)/b7-5-,13-11-,19-17-,25-23-,31-29-,36-35-,39-38-,44-42-,63-61+,71-69+. The molecule has 0 aliphatic carbocycles. The van der Waals surface area contributed by atoms with Crippen LogP contribution in [0, 0.1) is 0 Å². The molecule has 0 spiro atoms. The van der Waals surface area contributed by atoms with E-state index in [0.29, 0.717) is 6.42 Å². The molecule has 0 aliphatic heterocycles. The Balaban J connectivity index is 3.55. The Morgan fingerprint density at radius 3 is 0.875 bits per heavy atom. The number of carbonyl (C=O) groups is 1. The molecular formula is C76H133NO3. The average Bonchev–Trinajstić information content (AvgIpc) is 3.46. The van der Waals surface area contributed by atoms with Crippen LogP contribution in [0.1, 0.15) is 335 Å². The number of unbranched alkanes of at least 4 members (excludes halogenated alkanes) is 38. The van der Waals surface area contributed by atoms with Crippen LogP contribution in [0.5, 0.6) is 0 Å². The van der Waals surface area contributed by atoms with E-state index >= 15 is 0 Å². The fourth-order valence-electron chi connectivity index (χ4n) is 10.2. The lowest BCUT2D eigenvalue weighted by Crippen LogP contribution is -2.45. The SMILES string of the molecule is CC/C=C\C/C=C\C/C=C\C/C=C\C/C=C\C/C=C\C/C=C\C/C=C\CCCCCCCCCCCCCCC(=O)NC(CO)C(O)/C=C/CC/C=C/CCCCCCCCCCCCCCCCCCCCCCCCCCC. The van der Waals surface area contributed by atoms with Crippen molar-refractivity contribution in [3.8, 4) is 0 Å². The Morgan fingerprint density at radius 1 is 0.312 bits per heavy atom. The summed E-state index contributed by atoms with van der Waals surface area (Å²) in [7, 11) is 0. The summed E-state index contributed by atoms with van der Waals surface area (Å²) >= 11 is 0. The van der Waals surface area contributed by atoms with Crippen molar-refractivity contribution in [1.29, 1.82) is 0 Å². The van der Waals surface area contributed by atoms with Gasteiger partial charge < -0.3 is 15.5 Å². The van der Waals surface area contributed by atoms with Gasteiger partial charge in [0.2, 0.25) is 5.91 Å². The van der Waals surface area contributed by atoms with Crippen molar-refractivity contribution in [2.45, 2.75) is 347 Å². The third kappa shape index (κ3) is 65.6. The van der Waals surface area contributed by atoms with Gasteiger partial charge in [-0.1, -0.05) is 354 Å². The molecule has 4 heteroatoms. The van der Waals surface area contributed by atoms with Gasteiger partial charge in [-0.25, -0.2) is 0 Å². The van der Waals surface area contributed by atoms with E-state index in [9.17, 15) is 15.0 Å². The molecule has 0 rings (SSSR count). The number of hydrogen-bond acceptors (Lipinski definition) is 3. The average molecular weight is 1110 g/mol. The van der Waals surface area contributed by atoms with Crippen LogP contribution in [-0.2, 0) is 4.79 Å². The zero-order valence-electron chi connectivity index (χ0n) is 53.1. The molecule has 2 atom stereocenters. The second-order valence-electron chi connectivity index (χ2n) is 23.2. The molecule has 0 aromatic rings. The van der Waals surface area contributed by atoms with Crippen molar-refractivity contribution in [1.82, 2.24) is 5.32 Å². The highest BCUT2D eigenvalue weighted by molar-refractivity contribution is 5.76. The number of amides is 1. The molecule has 0 saturated carbocycles. The van der Waals surface area contributed by atoms with Crippen molar-refractivity contribution in [2.24, 2.45) is 0 Å². The van der Waals surface area contributed by atoms with Crippen molar-refractivity contribution >= 4 is 5.91 Å². The van der Waals surface area contributed by atoms with E-state index in [4.69, 9.17) is 0 Å². The molecule has 0 aliphatic rings. The normalized spacial score (nSPS) is 13.5. The van der Waals surface area contributed by atoms with Gasteiger partial charge in [0.15, 0.2) is 0 Å². The van der Waals surface area contributed by atoms with E-state index in [1.165, 1.54) is 231 Å². The van der Waals surface area contributed by atoms with Gasteiger partial charge in [-0.15, -0.1) is 0 Å². The smallest absolute Gasteiger partial charge is 0.220 e. The number of allylic oxidation sites excluding steroid dienone is 19. The Morgan fingerprint density at radius 2 is 0.562 bits per heavy atom. The molecule has 0 bridgehead atoms. The predicted octanol–water partition coefficient (Wildman–Crippen LogP) is 23.9. The van der Waals surface area contributed by atoms with Crippen LogP contribution < -0.4 is 5.32 Å². The summed E-state index contributed by atoms with van der Waals surface area (Å²) < 4.78 is 0. The molecular weight excluding hydrogens is 975 g/mol. The fourth-order valence-corrected chi connectivity index (χ4v) is 10.2. The first kappa shape index (κ1) is 76.8. The lowest BCUT2D eigenvalue weighted by atomic mass is 10.0. The second-order valence-corrected chi connectivity index (χ2v) is 23.2. The van der Waals surface area contributed by atoms with Crippen LogP contribution in [0.4, 0.5) is 0 Å². The number of hydrogen-bond donors (Lipinski definition) is 3. The lowest BCUT2D eigenvalue weighted by molar-refractivity contribution is -0.123. The summed E-state index contributed by atoms with van der Waals surface area (Å²) in [5.41, 5.74) is 0. The maximum absolute atomic E-state index is 12.5. The number of rotatable bonds is 63. The zero-order valence-corrected chi connectivity index (χ0v) is 53.1. The van der Waals surface area contributed by atoms with Gasteiger partial charge in [0.05, 0.1) is 18.8 Å². The van der Waals surface area contributed by atoms with E-state index in [-0.39, 0.29) is 12.5 Å². The number of aliphatic hydroxyl groups excluding tert-OH is 2. The molecule has 0 aromatic carbocycles. The van der Waals surface area contributed by atoms with Gasteiger partial charge in [-0.2, -0.15) is 0 Å². The van der Waals surface area contributed by atoms with Crippen molar-refractivity contribution < 1.29 is 15.0 Å². The lowest BCUT2D eigenvalue weighted by Gasteiger charge is -2.19. The minimum absolute atomic E-state index is 0.0769. The van der Waals surface area contributed by atoms with Gasteiger partial charge >= 0.3 is 0 Å². The van der Waals surface area contributed by atoms with E-state index in [0.717, 1.165) is 83.5 Å². The fraction of sp³-hybridized carbons (Fsp3) is 0.724. The first-order valence-electron chi connectivity index (χ1n) is 34.7. The third-order valence-corrected chi connectivity index (χ3v) is 15.4. The maximum atomic E-state index is 12.5. The summed E-state index contributed by atoms with van der Waals surface area (Å²) in [4.78, 5) is 12.5. The van der Waals surface area contributed by atoms with Crippen molar-refractivity contribution in [2.75, 3.05) is 6.61 Å². The quantitative estimate of drug-likeness (QED) is 0.0420. The molecule has 80 heavy (non-hydrogen) atoms. The molecule has 0 aromatic heterocycles. The Labute approximate surface area is 499 Å². The van der Waals surface area contributed by atoms with Crippen LogP contribution in [-0.4, -0.2) is 34.9 Å². The largest absolute Gasteiger partial charge is 0.394 e. The highest BCUT2D eigenvalue weighted by Gasteiger charge is 2.18. The molecule has 0 saturated heterocycles. The first-order chi connectivity index (χ1) is 39.7. The van der Waals surface area contributed by atoms with Crippen molar-refractivity contribution in [3.05, 3.63) is 122 Å². The molecule has 3 N–H and O–H groups in total. The topological polar surface area (TPSA) is 69.6 Å². The monoisotopic (exact) mass is 1110 g/mol. The first-order valence-corrected chi connectivity index (χ1v) is 34.7. The second kappa shape index (κ2) is 70.1. The third-order valence-electron chi connectivity index (χ3n) is 15.4. The predicted molar refractivity (Wildman–Crippen MR) is 359 cm³/mol. The van der Waals surface area contributed by atoms with Crippen LogP contribution in [0.3, 0.4) is 0 Å². The number of carbonyl (C=O) groups excluding carboxylic acids is 1. The summed E-state index contributed by atoms with van der Waals surface area (Å²) in [6.07, 6.45) is 107. The molecule has 2 unspecified atom stereocenters. The Kier molecular flexibility index (Phi) is 67.2. The van der Waals surface area contributed by atoms with Crippen LogP contribution >= 0.6 is 0 Å². The van der Waals surface area contributed by atoms with Gasteiger partial charge in [0, 0.05) is 6.42 Å². The summed E-state index contributed by atoms with van der Waals surface area (Å²) in [6.45, 7) is 4.21. The zero-order chi connectivity index (χ0) is 57.6. The minimum Gasteiger partial charge on any atom is -0.394 e. The summed E-state index contributed by atoms with van der Waals surface area (Å²) in [5, 5.41) is 23.3. The molecule has 460 valence electrons. The van der Waals surface area contributed by atoms with E-state index < -0.39 is 12.1 Å². The highest BCUT2D eigenvalue weighted by Crippen LogP contribution is 2.18. The van der Waals surface area contributed by atoms with Crippen LogP contribution in [0.25, 0.3) is 0 Å². The van der Waals surface area contributed by atoms with E-state index in [2.05, 4.69) is 129 Å². The molecule has 4 nitrogen and oxygen atoms in total. The minimum atomic E-state index is -0.872. The van der Waals surface area contributed by atoms with E-state index in [1.54, 1.807) is 6.08 Å². The van der Waals surface area contributed by atoms with Crippen LogP contribution in [0.15, 0.2) is 122 Å². The van der Waals surface area contributed by atoms with Gasteiger partial charge in [0.1, 0.15) is 0 Å². The summed E-state index contributed by atoms with van der Waals surface area (Å²) in [5.74, 6) is -0.0769. The Hall–Kier alpha value is -3.21. The van der Waals surface area contributed by atoms with Gasteiger partial charge in [-0.05, 0) is 96.3 Å². The maximum Gasteiger partial charge on any atom is 0.220 e. The molecule has 0 heterocycles. The number of nitrogens with one attached hydrogen (secondary N) is 1. The molecule has 0 radical (unpaired) electrons. The van der Waals surface area contributed by atoms with Crippen LogP contribution in [0.2, 0.25) is 0 Å². The van der Waals surface area contributed by atoms with Crippen molar-refractivity contribution in [3.63, 3.8) is 0 Å². The highest BCUT2D eigenvalue weighted by atomic mass is 16.3. The number of aliphatic hydroxyl groups is 2. The molecule has 0 fully saturated rings. The van der Waals surface area contributed by atoms with Gasteiger partial charge in [-0.3, -0.25) is 4.79 Å². The Bertz CT molecular complexity index is 1540.